The van der Waals surface area contributed by atoms with Crippen LogP contribution in [0.5, 0.6) is 0 Å². The van der Waals surface area contributed by atoms with Gasteiger partial charge in [-0.1, -0.05) is 32.1 Å². The quantitative estimate of drug-likeness (QED) is 0.543. The largest absolute Gasteiger partial charge is 0.466 e. The van der Waals surface area contributed by atoms with Crippen molar-refractivity contribution in [2.24, 2.45) is 11.8 Å². The molecule has 1 rings (SSSR count). The van der Waals surface area contributed by atoms with Crippen molar-refractivity contribution in [3.8, 4) is 0 Å². The zero-order valence-electron chi connectivity index (χ0n) is 10.4. The van der Waals surface area contributed by atoms with Gasteiger partial charge in [0, 0.05) is 13.0 Å². The number of methoxy groups -OCH3 is 2. The molecule has 0 unspecified atom stereocenters. The molecule has 1 aliphatic rings. The van der Waals surface area contributed by atoms with Crippen molar-refractivity contribution in [2.45, 2.75) is 26.4 Å². The molecular formula is C13H20O3. The van der Waals surface area contributed by atoms with Crippen LogP contribution in [0.2, 0.25) is 0 Å². The monoisotopic (exact) mass is 224 g/mol. The van der Waals surface area contributed by atoms with Crippen molar-refractivity contribution < 1.29 is 14.3 Å². The molecule has 3 atom stereocenters. The van der Waals surface area contributed by atoms with E-state index in [1.807, 2.05) is 6.08 Å². The van der Waals surface area contributed by atoms with E-state index in [4.69, 9.17) is 9.47 Å². The van der Waals surface area contributed by atoms with Crippen molar-refractivity contribution in [1.82, 2.24) is 0 Å². The van der Waals surface area contributed by atoms with Crippen LogP contribution >= 0.6 is 0 Å². The molecule has 0 saturated heterocycles. The predicted octanol–water partition coefficient (Wildman–Crippen LogP) is 2.33. The smallest absolute Gasteiger partial charge is 0.336 e. The average molecular weight is 224 g/mol. The van der Waals surface area contributed by atoms with Crippen LogP contribution in [0.3, 0.4) is 0 Å². The summed E-state index contributed by atoms with van der Waals surface area (Å²) in [6, 6.07) is 0. The lowest BCUT2D eigenvalue weighted by molar-refractivity contribution is -0.137. The second kappa shape index (κ2) is 5.85. The molecule has 0 bridgehead atoms. The highest BCUT2D eigenvalue weighted by molar-refractivity contribution is 5.90. The van der Waals surface area contributed by atoms with Gasteiger partial charge < -0.3 is 9.47 Å². The van der Waals surface area contributed by atoms with Gasteiger partial charge in [0.25, 0.3) is 0 Å². The van der Waals surface area contributed by atoms with E-state index in [0.29, 0.717) is 11.5 Å². The first kappa shape index (κ1) is 13.0. The van der Waals surface area contributed by atoms with Crippen molar-refractivity contribution in [2.75, 3.05) is 14.2 Å². The predicted molar refractivity (Wildman–Crippen MR) is 63.0 cm³/mol. The third-order valence-electron chi connectivity index (χ3n) is 2.97. The number of hydrogen-bond acceptors (Lipinski definition) is 3. The molecule has 1 aliphatic carbocycles. The Morgan fingerprint density at radius 3 is 2.69 bits per heavy atom. The zero-order chi connectivity index (χ0) is 12.1. The van der Waals surface area contributed by atoms with Crippen LogP contribution in [0, 0.1) is 11.8 Å². The summed E-state index contributed by atoms with van der Waals surface area (Å²) >= 11 is 0. The molecule has 0 aromatic rings. The van der Waals surface area contributed by atoms with E-state index in [1.165, 1.54) is 7.11 Å². The summed E-state index contributed by atoms with van der Waals surface area (Å²) in [5, 5.41) is 0. The average Bonchev–Trinajstić information content (AvgIpc) is 2.61. The van der Waals surface area contributed by atoms with Crippen LogP contribution < -0.4 is 0 Å². The summed E-state index contributed by atoms with van der Waals surface area (Å²) in [6.07, 6.45) is 7.01. The number of allylic oxidation sites excluding steroid dienone is 2. The Labute approximate surface area is 97.1 Å². The zero-order valence-corrected chi connectivity index (χ0v) is 10.4. The van der Waals surface area contributed by atoms with E-state index in [0.717, 1.165) is 6.42 Å². The highest BCUT2D eigenvalue weighted by Crippen LogP contribution is 2.34. The van der Waals surface area contributed by atoms with Crippen molar-refractivity contribution in [1.29, 1.82) is 0 Å². The molecule has 3 heteroatoms. The summed E-state index contributed by atoms with van der Waals surface area (Å²) < 4.78 is 10.2. The summed E-state index contributed by atoms with van der Waals surface area (Å²) in [7, 11) is 3.03. The molecular weight excluding hydrogens is 204 g/mol. The number of carbonyl (C=O) groups excluding carboxylic acids is 1. The van der Waals surface area contributed by atoms with Gasteiger partial charge in [-0.05, 0) is 12.3 Å². The second-order valence-corrected chi connectivity index (χ2v) is 4.04. The van der Waals surface area contributed by atoms with Crippen LogP contribution in [0.1, 0.15) is 20.3 Å². The number of rotatable bonds is 4. The highest BCUT2D eigenvalue weighted by atomic mass is 16.5. The van der Waals surface area contributed by atoms with Crippen LogP contribution in [0.25, 0.3) is 0 Å². The maximum atomic E-state index is 11.6. The summed E-state index contributed by atoms with van der Waals surface area (Å²) in [5.74, 6) is 0.256. The van der Waals surface area contributed by atoms with E-state index in [-0.39, 0.29) is 18.0 Å². The number of carbonyl (C=O) groups is 1. The van der Waals surface area contributed by atoms with Gasteiger partial charge in [0.1, 0.15) is 0 Å². The normalized spacial score (nSPS) is 29.5. The van der Waals surface area contributed by atoms with Crippen LogP contribution in [-0.2, 0) is 14.3 Å². The van der Waals surface area contributed by atoms with E-state index in [2.05, 4.69) is 26.0 Å². The van der Waals surface area contributed by atoms with E-state index in [9.17, 15) is 4.79 Å². The Hall–Kier alpha value is -1.09. The lowest BCUT2D eigenvalue weighted by Gasteiger charge is -2.20. The number of hydrogen-bond donors (Lipinski definition) is 0. The molecule has 0 aromatic heterocycles. The first-order valence-corrected chi connectivity index (χ1v) is 5.65. The minimum atomic E-state index is -0.286. The van der Waals surface area contributed by atoms with Crippen LogP contribution in [0.15, 0.2) is 23.8 Å². The van der Waals surface area contributed by atoms with E-state index >= 15 is 0 Å². The maximum absolute atomic E-state index is 11.6. The van der Waals surface area contributed by atoms with Gasteiger partial charge >= 0.3 is 5.97 Å². The molecule has 0 saturated carbocycles. The lowest BCUT2D eigenvalue weighted by Crippen LogP contribution is -2.25. The SMILES string of the molecule is CC/C=C/[C@@H]1[C@H](C)C=C(C(=O)OC)[C@@H]1OC. The van der Waals surface area contributed by atoms with Crippen molar-refractivity contribution in [3.63, 3.8) is 0 Å². The van der Waals surface area contributed by atoms with Crippen molar-refractivity contribution >= 4 is 5.97 Å². The third kappa shape index (κ3) is 2.53. The molecule has 16 heavy (non-hydrogen) atoms. The van der Waals surface area contributed by atoms with Gasteiger partial charge in [-0.15, -0.1) is 0 Å². The standard InChI is InChI=1S/C13H20O3/c1-5-6-7-10-9(2)8-11(12(10)15-3)13(14)16-4/h6-10,12H,5H2,1-4H3/b7-6+/t9-,10-,12-/m1/s1. The summed E-state index contributed by atoms with van der Waals surface area (Å²) in [6.45, 7) is 4.18. The molecule has 0 fully saturated rings. The van der Waals surface area contributed by atoms with Crippen LogP contribution in [0.4, 0.5) is 0 Å². The van der Waals surface area contributed by atoms with Gasteiger partial charge in [-0.3, -0.25) is 0 Å². The first-order chi connectivity index (χ1) is 7.65. The topological polar surface area (TPSA) is 35.5 Å². The Balaban J connectivity index is 2.86. The van der Waals surface area contributed by atoms with E-state index < -0.39 is 0 Å². The molecule has 0 amide bonds. The van der Waals surface area contributed by atoms with Gasteiger partial charge in [-0.2, -0.15) is 0 Å². The van der Waals surface area contributed by atoms with E-state index in [1.54, 1.807) is 7.11 Å². The van der Waals surface area contributed by atoms with Gasteiger partial charge in [0.15, 0.2) is 0 Å². The second-order valence-electron chi connectivity index (χ2n) is 4.04. The molecule has 90 valence electrons. The Morgan fingerprint density at radius 2 is 2.19 bits per heavy atom. The fourth-order valence-electron chi connectivity index (χ4n) is 2.13. The fourth-order valence-corrected chi connectivity index (χ4v) is 2.13. The van der Waals surface area contributed by atoms with Gasteiger partial charge in [0.05, 0.1) is 18.8 Å². The molecule has 3 nitrogen and oxygen atoms in total. The Bertz CT molecular complexity index is 304. The minimum absolute atomic E-state index is 0.176. The minimum Gasteiger partial charge on any atom is -0.466 e. The highest BCUT2D eigenvalue weighted by Gasteiger charge is 2.37. The van der Waals surface area contributed by atoms with Gasteiger partial charge in [-0.25, -0.2) is 4.79 Å². The van der Waals surface area contributed by atoms with Crippen LogP contribution in [-0.4, -0.2) is 26.3 Å². The molecule has 0 radical (unpaired) electrons. The molecule has 0 heterocycles. The first-order valence-electron chi connectivity index (χ1n) is 5.65. The molecule has 0 N–H and O–H groups in total. The molecule has 0 aromatic carbocycles. The Morgan fingerprint density at radius 1 is 1.50 bits per heavy atom. The summed E-state index contributed by atoms with van der Waals surface area (Å²) in [4.78, 5) is 11.6. The number of ether oxygens (including phenoxy) is 2. The summed E-state index contributed by atoms with van der Waals surface area (Å²) in [5.41, 5.74) is 0.642. The molecule has 0 aliphatic heterocycles. The molecule has 0 spiro atoms. The maximum Gasteiger partial charge on any atom is 0.336 e. The Kier molecular flexibility index (Phi) is 4.74. The van der Waals surface area contributed by atoms with Gasteiger partial charge in [0.2, 0.25) is 0 Å². The van der Waals surface area contributed by atoms with Crippen molar-refractivity contribution in [3.05, 3.63) is 23.8 Å². The number of esters is 1. The third-order valence-corrected chi connectivity index (χ3v) is 2.97. The lowest BCUT2D eigenvalue weighted by atomic mass is 9.94. The fraction of sp³-hybridized carbons (Fsp3) is 0.615.